The van der Waals surface area contributed by atoms with E-state index in [1.165, 1.54) is 0 Å². The maximum absolute atomic E-state index is 13.0. The largest absolute Gasteiger partial charge is 0.381 e. The van der Waals surface area contributed by atoms with Crippen LogP contribution in [0.1, 0.15) is 53.7 Å². The predicted octanol–water partition coefficient (Wildman–Crippen LogP) is 3.31. The molecule has 3 aromatic rings. The molecular formula is C23H28N4O4. The number of hydrogen-bond donors (Lipinski definition) is 1. The first-order valence-corrected chi connectivity index (χ1v) is 11.1. The van der Waals surface area contributed by atoms with E-state index in [2.05, 4.69) is 15.1 Å². The van der Waals surface area contributed by atoms with E-state index in [4.69, 9.17) is 14.0 Å². The van der Waals surface area contributed by atoms with Crippen molar-refractivity contribution in [2.45, 2.75) is 44.1 Å². The molecule has 4 heterocycles. The summed E-state index contributed by atoms with van der Waals surface area (Å²) in [6.45, 7) is 3.40. The average Bonchev–Trinajstić information content (AvgIpc) is 3.48. The topological polar surface area (TPSA) is 93.5 Å². The van der Waals surface area contributed by atoms with Crippen LogP contribution in [-0.4, -0.2) is 64.9 Å². The zero-order chi connectivity index (χ0) is 21.0. The van der Waals surface area contributed by atoms with E-state index >= 15 is 0 Å². The molecule has 0 bridgehead atoms. The molecule has 0 aliphatic carbocycles. The molecule has 2 fully saturated rings. The van der Waals surface area contributed by atoms with Crippen molar-refractivity contribution in [2.24, 2.45) is 0 Å². The number of carbonyl (C=O) groups is 1. The molecule has 1 amide bonds. The molecule has 0 spiro atoms. The molecule has 31 heavy (non-hydrogen) atoms. The van der Waals surface area contributed by atoms with Crippen LogP contribution in [0.3, 0.4) is 0 Å². The molecule has 2 saturated heterocycles. The highest BCUT2D eigenvalue weighted by molar-refractivity contribution is 5.98. The van der Waals surface area contributed by atoms with Crippen molar-refractivity contribution in [1.29, 1.82) is 0 Å². The second-order valence-electron chi connectivity index (χ2n) is 8.35. The second-order valence-corrected chi connectivity index (χ2v) is 8.35. The van der Waals surface area contributed by atoms with Crippen molar-refractivity contribution in [3.05, 3.63) is 47.7 Å². The quantitative estimate of drug-likeness (QED) is 0.653. The summed E-state index contributed by atoms with van der Waals surface area (Å²) in [6, 6.07) is 7.81. The number of nitrogens with one attached hydrogen (secondary N) is 1. The van der Waals surface area contributed by atoms with Gasteiger partial charge in [-0.3, -0.25) is 4.79 Å². The number of amides is 1. The van der Waals surface area contributed by atoms with Crippen LogP contribution in [0.4, 0.5) is 0 Å². The van der Waals surface area contributed by atoms with Crippen molar-refractivity contribution in [3.63, 3.8) is 0 Å². The highest BCUT2D eigenvalue weighted by atomic mass is 16.5. The summed E-state index contributed by atoms with van der Waals surface area (Å²) in [7, 11) is 0. The first-order chi connectivity index (χ1) is 15.3. The Hall–Kier alpha value is -2.71. The van der Waals surface area contributed by atoms with Gasteiger partial charge in [-0.1, -0.05) is 11.2 Å². The number of ether oxygens (including phenoxy) is 2. The van der Waals surface area contributed by atoms with E-state index in [9.17, 15) is 4.79 Å². The van der Waals surface area contributed by atoms with E-state index in [0.29, 0.717) is 42.8 Å². The number of likely N-dealkylation sites (tertiary alicyclic amines) is 1. The SMILES string of the molecule is O=C(c1ccc2cc[nH]c2c1)N1CCCC(OCCc2noc(C3CCOCC3)n2)C1. The lowest BCUT2D eigenvalue weighted by atomic mass is 10.0. The fourth-order valence-corrected chi connectivity index (χ4v) is 4.42. The van der Waals surface area contributed by atoms with Gasteiger partial charge in [0.1, 0.15) is 0 Å². The first-order valence-electron chi connectivity index (χ1n) is 11.1. The van der Waals surface area contributed by atoms with Gasteiger partial charge in [0.05, 0.1) is 12.7 Å². The van der Waals surface area contributed by atoms with Gasteiger partial charge in [0.15, 0.2) is 5.82 Å². The van der Waals surface area contributed by atoms with Gasteiger partial charge in [-0.15, -0.1) is 0 Å². The van der Waals surface area contributed by atoms with Crippen LogP contribution in [0, 0.1) is 0 Å². The normalized spacial score (nSPS) is 20.4. The van der Waals surface area contributed by atoms with Crippen molar-refractivity contribution < 1.29 is 18.8 Å². The molecule has 1 unspecified atom stereocenters. The number of benzene rings is 1. The number of aromatic nitrogens is 3. The Morgan fingerprint density at radius 3 is 3.03 bits per heavy atom. The number of hydrogen-bond acceptors (Lipinski definition) is 6. The third-order valence-electron chi connectivity index (χ3n) is 6.20. The lowest BCUT2D eigenvalue weighted by Gasteiger charge is -2.32. The zero-order valence-electron chi connectivity index (χ0n) is 17.6. The Kier molecular flexibility index (Phi) is 5.99. The van der Waals surface area contributed by atoms with Crippen LogP contribution in [-0.2, 0) is 15.9 Å². The van der Waals surface area contributed by atoms with Crippen molar-refractivity contribution in [1.82, 2.24) is 20.0 Å². The maximum Gasteiger partial charge on any atom is 0.254 e. The summed E-state index contributed by atoms with van der Waals surface area (Å²) in [6.07, 6.45) is 6.30. The third kappa shape index (κ3) is 4.65. The molecule has 0 saturated carbocycles. The van der Waals surface area contributed by atoms with Gasteiger partial charge in [0.25, 0.3) is 5.91 Å². The van der Waals surface area contributed by atoms with Crippen LogP contribution in [0.2, 0.25) is 0 Å². The number of fused-ring (bicyclic) bond motifs is 1. The number of aromatic amines is 1. The molecule has 0 radical (unpaired) electrons. The van der Waals surface area contributed by atoms with Gasteiger partial charge in [0, 0.05) is 55.9 Å². The van der Waals surface area contributed by atoms with Crippen LogP contribution < -0.4 is 0 Å². The van der Waals surface area contributed by atoms with E-state index in [-0.39, 0.29) is 12.0 Å². The summed E-state index contributed by atoms with van der Waals surface area (Å²) in [5, 5.41) is 5.21. The van der Waals surface area contributed by atoms with Crippen molar-refractivity contribution in [2.75, 3.05) is 32.9 Å². The standard InChI is InChI=1S/C23H28N4O4/c28-23(18-4-3-16-5-9-24-20(16)14-18)27-10-1-2-19(15-27)30-13-8-21-25-22(31-26-21)17-6-11-29-12-7-17/h3-5,9,14,17,19,24H,1-2,6-8,10-13,15H2. The zero-order valence-corrected chi connectivity index (χ0v) is 17.6. The third-order valence-corrected chi connectivity index (χ3v) is 6.20. The van der Waals surface area contributed by atoms with Gasteiger partial charge in [-0.25, -0.2) is 0 Å². The number of carbonyl (C=O) groups excluding carboxylic acids is 1. The van der Waals surface area contributed by atoms with Gasteiger partial charge < -0.3 is 23.9 Å². The summed E-state index contributed by atoms with van der Waals surface area (Å²) < 4.78 is 16.9. The second kappa shape index (κ2) is 9.20. The fourth-order valence-electron chi connectivity index (χ4n) is 4.42. The van der Waals surface area contributed by atoms with E-state index in [1.54, 1.807) is 0 Å². The van der Waals surface area contributed by atoms with Crippen LogP contribution in [0.25, 0.3) is 10.9 Å². The molecular weight excluding hydrogens is 396 g/mol. The van der Waals surface area contributed by atoms with Crippen LogP contribution in [0.15, 0.2) is 35.0 Å². The molecule has 2 aromatic heterocycles. The summed E-state index contributed by atoms with van der Waals surface area (Å²) in [5.74, 6) is 1.76. The molecule has 8 nitrogen and oxygen atoms in total. The fraction of sp³-hybridized carbons (Fsp3) is 0.522. The van der Waals surface area contributed by atoms with Gasteiger partial charge in [-0.2, -0.15) is 4.98 Å². The molecule has 5 rings (SSSR count). The number of rotatable bonds is 6. The lowest BCUT2D eigenvalue weighted by Crippen LogP contribution is -2.43. The highest BCUT2D eigenvalue weighted by Gasteiger charge is 2.26. The summed E-state index contributed by atoms with van der Waals surface area (Å²) in [4.78, 5) is 22.6. The van der Waals surface area contributed by atoms with Gasteiger partial charge in [0.2, 0.25) is 5.89 Å². The van der Waals surface area contributed by atoms with Crippen molar-refractivity contribution in [3.8, 4) is 0 Å². The Balaban J connectivity index is 1.12. The van der Waals surface area contributed by atoms with Crippen molar-refractivity contribution >= 4 is 16.8 Å². The molecule has 1 N–H and O–H groups in total. The maximum atomic E-state index is 13.0. The van der Waals surface area contributed by atoms with Crippen LogP contribution >= 0.6 is 0 Å². The summed E-state index contributed by atoms with van der Waals surface area (Å²) in [5.41, 5.74) is 1.69. The molecule has 8 heteroatoms. The Bertz CT molecular complexity index is 1020. The smallest absolute Gasteiger partial charge is 0.254 e. The molecule has 2 aliphatic heterocycles. The van der Waals surface area contributed by atoms with Crippen LogP contribution in [0.5, 0.6) is 0 Å². The van der Waals surface area contributed by atoms with E-state index < -0.39 is 0 Å². The number of nitrogens with zero attached hydrogens (tertiary/aromatic N) is 3. The number of H-pyrrole nitrogens is 1. The highest BCUT2D eigenvalue weighted by Crippen LogP contribution is 2.25. The van der Waals surface area contributed by atoms with E-state index in [0.717, 1.165) is 56.3 Å². The monoisotopic (exact) mass is 424 g/mol. The van der Waals surface area contributed by atoms with Gasteiger partial charge in [-0.05, 0) is 49.3 Å². The summed E-state index contributed by atoms with van der Waals surface area (Å²) >= 11 is 0. The lowest BCUT2D eigenvalue weighted by molar-refractivity contribution is 0.00252. The minimum absolute atomic E-state index is 0.0359. The molecule has 1 atom stereocenters. The Morgan fingerprint density at radius 1 is 1.23 bits per heavy atom. The minimum atomic E-state index is 0.0359. The molecule has 1 aromatic carbocycles. The Morgan fingerprint density at radius 2 is 2.13 bits per heavy atom. The Labute approximate surface area is 180 Å². The van der Waals surface area contributed by atoms with Gasteiger partial charge >= 0.3 is 0 Å². The molecule has 2 aliphatic rings. The molecule has 164 valence electrons. The van der Waals surface area contributed by atoms with E-state index in [1.807, 2.05) is 35.4 Å². The average molecular weight is 425 g/mol. The number of piperidine rings is 1. The first kappa shape index (κ1) is 20.2. The predicted molar refractivity (Wildman–Crippen MR) is 114 cm³/mol. The minimum Gasteiger partial charge on any atom is -0.381 e.